The molecule has 0 radical (unpaired) electrons. The molecular weight excluding hydrogens is 152 g/mol. The summed E-state index contributed by atoms with van der Waals surface area (Å²) in [5.41, 5.74) is 13.9. The van der Waals surface area contributed by atoms with Crippen molar-refractivity contribution in [3.05, 3.63) is 24.5 Å². The number of benzene rings is 1. The maximum atomic E-state index is 5.67. The molecule has 0 unspecified atom stereocenters. The zero-order valence-electron chi connectivity index (χ0n) is 6.36. The number of nitrogens with two attached hydrogens (primary N) is 2. The number of nitrogen functional groups attached to an aromatic ring is 2. The van der Waals surface area contributed by atoms with Crippen LogP contribution in [0, 0.1) is 0 Å². The largest absolute Gasteiger partial charge is 0.399 e. The summed E-state index contributed by atoms with van der Waals surface area (Å²) in [6.45, 7) is 0. The first-order valence-electron chi connectivity index (χ1n) is 3.53. The molecule has 0 fully saturated rings. The van der Waals surface area contributed by atoms with E-state index in [4.69, 9.17) is 11.5 Å². The average Bonchev–Trinajstić information content (AvgIpc) is 2.04. The minimum absolute atomic E-state index is 0.568. The van der Waals surface area contributed by atoms with Crippen molar-refractivity contribution in [1.29, 1.82) is 0 Å². The van der Waals surface area contributed by atoms with Gasteiger partial charge in [0.05, 0.1) is 11.2 Å². The molecule has 0 aliphatic heterocycles. The summed E-state index contributed by atoms with van der Waals surface area (Å²) < 4.78 is 0. The van der Waals surface area contributed by atoms with E-state index < -0.39 is 0 Å². The van der Waals surface area contributed by atoms with Crippen molar-refractivity contribution in [2.45, 2.75) is 0 Å². The highest BCUT2D eigenvalue weighted by molar-refractivity contribution is 5.89. The predicted octanol–water partition coefficient (Wildman–Crippen LogP) is 0.794. The first-order chi connectivity index (χ1) is 5.77. The van der Waals surface area contributed by atoms with Crippen LogP contribution in [0.5, 0.6) is 0 Å². The van der Waals surface area contributed by atoms with Crippen LogP contribution < -0.4 is 11.5 Å². The Morgan fingerprint density at radius 3 is 2.58 bits per heavy atom. The van der Waals surface area contributed by atoms with Crippen LogP contribution in [0.2, 0.25) is 0 Å². The van der Waals surface area contributed by atoms with E-state index in [0.29, 0.717) is 16.9 Å². The first kappa shape index (κ1) is 6.84. The van der Waals surface area contributed by atoms with Crippen LogP contribution in [0.3, 0.4) is 0 Å². The van der Waals surface area contributed by atoms with Gasteiger partial charge in [0.2, 0.25) is 0 Å². The SMILES string of the molecule is Nc1cc(N)c2nccnc2c1. The number of rotatable bonds is 0. The minimum Gasteiger partial charge on any atom is -0.399 e. The summed E-state index contributed by atoms with van der Waals surface area (Å²) >= 11 is 0. The topological polar surface area (TPSA) is 77.8 Å². The van der Waals surface area contributed by atoms with E-state index in [0.717, 1.165) is 5.52 Å². The molecule has 0 aliphatic rings. The van der Waals surface area contributed by atoms with E-state index in [9.17, 15) is 0 Å². The lowest BCUT2D eigenvalue weighted by atomic mass is 10.2. The number of hydrogen-bond acceptors (Lipinski definition) is 4. The zero-order chi connectivity index (χ0) is 8.55. The Labute approximate surface area is 69.2 Å². The highest BCUT2D eigenvalue weighted by atomic mass is 14.8. The Hall–Kier alpha value is -1.84. The first-order valence-corrected chi connectivity index (χ1v) is 3.53. The molecule has 1 aromatic heterocycles. The van der Waals surface area contributed by atoms with E-state index in [-0.39, 0.29) is 0 Å². The van der Waals surface area contributed by atoms with Gasteiger partial charge in [0.15, 0.2) is 0 Å². The van der Waals surface area contributed by atoms with Crippen LogP contribution in [-0.2, 0) is 0 Å². The number of hydrogen-bond donors (Lipinski definition) is 2. The molecule has 1 heterocycles. The van der Waals surface area contributed by atoms with Crippen molar-refractivity contribution in [2.24, 2.45) is 0 Å². The molecule has 0 amide bonds. The second-order valence-corrected chi connectivity index (χ2v) is 2.53. The fraction of sp³-hybridized carbons (Fsp3) is 0. The van der Waals surface area contributed by atoms with Crippen molar-refractivity contribution in [3.63, 3.8) is 0 Å². The Bertz CT molecular complexity index is 424. The smallest absolute Gasteiger partial charge is 0.112 e. The summed E-state index contributed by atoms with van der Waals surface area (Å²) in [4.78, 5) is 8.16. The lowest BCUT2D eigenvalue weighted by Crippen LogP contribution is -1.94. The molecule has 4 N–H and O–H groups in total. The van der Waals surface area contributed by atoms with Crippen LogP contribution in [0.15, 0.2) is 24.5 Å². The summed E-state index contributed by atoms with van der Waals surface area (Å²) in [5, 5.41) is 0. The molecular formula is C8H8N4. The molecule has 0 spiro atoms. The second kappa shape index (κ2) is 2.34. The molecule has 0 bridgehead atoms. The molecule has 12 heavy (non-hydrogen) atoms. The molecule has 0 atom stereocenters. The van der Waals surface area contributed by atoms with Gasteiger partial charge in [-0.05, 0) is 12.1 Å². The Balaban J connectivity index is 2.89. The van der Waals surface area contributed by atoms with Crippen molar-refractivity contribution < 1.29 is 0 Å². The van der Waals surface area contributed by atoms with Crippen molar-refractivity contribution in [3.8, 4) is 0 Å². The van der Waals surface area contributed by atoms with Crippen molar-refractivity contribution in [2.75, 3.05) is 11.5 Å². The predicted molar refractivity (Wildman–Crippen MR) is 48.4 cm³/mol. The van der Waals surface area contributed by atoms with Crippen molar-refractivity contribution >= 4 is 22.4 Å². The summed E-state index contributed by atoms with van der Waals surface area (Å²) in [5.74, 6) is 0. The van der Waals surface area contributed by atoms with E-state index in [1.165, 1.54) is 0 Å². The Morgan fingerprint density at radius 1 is 1.00 bits per heavy atom. The van der Waals surface area contributed by atoms with Crippen LogP contribution in [-0.4, -0.2) is 9.97 Å². The molecule has 0 saturated heterocycles. The lowest BCUT2D eigenvalue weighted by molar-refractivity contribution is 1.30. The average molecular weight is 160 g/mol. The quantitative estimate of drug-likeness (QED) is 0.558. The third-order valence-electron chi connectivity index (χ3n) is 1.63. The molecule has 1 aromatic carbocycles. The summed E-state index contributed by atoms with van der Waals surface area (Å²) in [6, 6.07) is 3.43. The van der Waals surface area contributed by atoms with Gasteiger partial charge in [-0.3, -0.25) is 9.97 Å². The van der Waals surface area contributed by atoms with E-state index in [1.807, 2.05) is 0 Å². The van der Waals surface area contributed by atoms with E-state index in [1.54, 1.807) is 24.5 Å². The van der Waals surface area contributed by atoms with Crippen LogP contribution in [0.4, 0.5) is 11.4 Å². The number of aromatic nitrogens is 2. The maximum Gasteiger partial charge on any atom is 0.112 e. The standard InChI is InChI=1S/C8H8N4/c9-5-3-6(10)8-7(4-5)11-1-2-12-8/h1-4H,9-10H2. The van der Waals surface area contributed by atoms with Crippen LogP contribution >= 0.6 is 0 Å². The van der Waals surface area contributed by atoms with Gasteiger partial charge in [0, 0.05) is 18.1 Å². The van der Waals surface area contributed by atoms with Crippen molar-refractivity contribution in [1.82, 2.24) is 9.97 Å². The molecule has 4 nitrogen and oxygen atoms in total. The van der Waals surface area contributed by atoms with Gasteiger partial charge in [-0.15, -0.1) is 0 Å². The van der Waals surface area contributed by atoms with Gasteiger partial charge in [0.25, 0.3) is 0 Å². The lowest BCUT2D eigenvalue weighted by Gasteiger charge is -2.00. The normalized spacial score (nSPS) is 10.3. The monoisotopic (exact) mass is 160 g/mol. The van der Waals surface area contributed by atoms with Gasteiger partial charge in [-0.25, -0.2) is 0 Å². The summed E-state index contributed by atoms with van der Waals surface area (Å²) in [7, 11) is 0. The number of nitrogens with zero attached hydrogens (tertiary/aromatic N) is 2. The third-order valence-corrected chi connectivity index (χ3v) is 1.63. The van der Waals surface area contributed by atoms with E-state index >= 15 is 0 Å². The van der Waals surface area contributed by atoms with Gasteiger partial charge in [0.1, 0.15) is 5.52 Å². The van der Waals surface area contributed by atoms with E-state index in [2.05, 4.69) is 9.97 Å². The van der Waals surface area contributed by atoms with Gasteiger partial charge in [-0.2, -0.15) is 0 Å². The highest BCUT2D eigenvalue weighted by Gasteiger charge is 1.99. The molecule has 2 rings (SSSR count). The fourth-order valence-corrected chi connectivity index (χ4v) is 1.12. The number of anilines is 2. The zero-order valence-corrected chi connectivity index (χ0v) is 6.36. The minimum atomic E-state index is 0.568. The molecule has 60 valence electrons. The fourth-order valence-electron chi connectivity index (χ4n) is 1.12. The highest BCUT2D eigenvalue weighted by Crippen LogP contribution is 2.19. The Kier molecular flexibility index (Phi) is 1.33. The van der Waals surface area contributed by atoms with Gasteiger partial charge < -0.3 is 11.5 Å². The molecule has 2 aromatic rings. The number of fused-ring (bicyclic) bond motifs is 1. The molecule has 0 aliphatic carbocycles. The third kappa shape index (κ3) is 0.934. The van der Waals surface area contributed by atoms with Gasteiger partial charge >= 0.3 is 0 Å². The van der Waals surface area contributed by atoms with Gasteiger partial charge in [-0.1, -0.05) is 0 Å². The molecule has 0 saturated carbocycles. The molecule has 4 heteroatoms. The second-order valence-electron chi connectivity index (χ2n) is 2.53. The summed E-state index contributed by atoms with van der Waals surface area (Å²) in [6.07, 6.45) is 3.22. The Morgan fingerprint density at radius 2 is 1.75 bits per heavy atom. The van der Waals surface area contributed by atoms with Crippen LogP contribution in [0.1, 0.15) is 0 Å². The maximum absolute atomic E-state index is 5.67. The van der Waals surface area contributed by atoms with Crippen LogP contribution in [0.25, 0.3) is 11.0 Å².